The van der Waals surface area contributed by atoms with Crippen molar-refractivity contribution in [2.75, 3.05) is 57.2 Å². The van der Waals surface area contributed by atoms with Crippen molar-refractivity contribution in [3.05, 3.63) is 71.0 Å². The molecule has 1 spiro atoms. The summed E-state index contributed by atoms with van der Waals surface area (Å²) in [6, 6.07) is 11.1. The molecule has 1 unspecified atom stereocenters. The molecule has 1 saturated carbocycles. The highest BCUT2D eigenvalue weighted by Crippen LogP contribution is 2.44. The van der Waals surface area contributed by atoms with Crippen LogP contribution in [0.15, 0.2) is 59.8 Å². The number of anilines is 2. The summed E-state index contributed by atoms with van der Waals surface area (Å²) in [6.07, 6.45) is 14.9. The van der Waals surface area contributed by atoms with Gasteiger partial charge >= 0.3 is 5.69 Å². The predicted molar refractivity (Wildman–Crippen MR) is 224 cm³/mol. The number of carbonyl (C=O) groups excluding carboxylic acids is 3. The lowest BCUT2D eigenvalue weighted by atomic mass is 9.71. The van der Waals surface area contributed by atoms with Crippen molar-refractivity contribution < 1.29 is 23.9 Å². The van der Waals surface area contributed by atoms with Crippen molar-refractivity contribution in [1.29, 1.82) is 0 Å². The van der Waals surface area contributed by atoms with Gasteiger partial charge in [0.1, 0.15) is 17.5 Å². The number of hydrogen-bond acceptors (Lipinski definition) is 10. The summed E-state index contributed by atoms with van der Waals surface area (Å²) >= 11 is 0. The van der Waals surface area contributed by atoms with Crippen molar-refractivity contribution >= 4 is 51.0 Å². The number of nitrogens with one attached hydrogen (secondary N) is 2. The molecule has 6 heterocycles. The minimum atomic E-state index is -0.687. The average Bonchev–Trinajstić information content (AvgIpc) is 3.79. The highest BCUT2D eigenvalue weighted by Gasteiger charge is 2.39. The smallest absolute Gasteiger partial charge is 0.329 e. The zero-order chi connectivity index (χ0) is 40.8. The van der Waals surface area contributed by atoms with Crippen molar-refractivity contribution in [2.24, 2.45) is 18.4 Å². The van der Waals surface area contributed by atoms with E-state index in [2.05, 4.69) is 42.4 Å². The van der Waals surface area contributed by atoms with Gasteiger partial charge in [-0.25, -0.2) is 4.79 Å². The number of pyridine rings is 1. The normalized spacial score (nSPS) is 22.5. The summed E-state index contributed by atoms with van der Waals surface area (Å²) in [4.78, 5) is 60.3. The lowest BCUT2D eigenvalue weighted by Crippen LogP contribution is -2.48. The second-order valence-corrected chi connectivity index (χ2v) is 17.1. The van der Waals surface area contributed by atoms with Gasteiger partial charge in [-0.15, -0.1) is 0 Å². The van der Waals surface area contributed by atoms with E-state index < -0.39 is 11.9 Å². The number of ether oxygens (including phenoxy) is 2. The van der Waals surface area contributed by atoms with Crippen LogP contribution in [-0.2, 0) is 16.6 Å². The molecule has 0 radical (unpaired) electrons. The van der Waals surface area contributed by atoms with Crippen LogP contribution in [0.2, 0.25) is 0 Å². The largest absolute Gasteiger partial charge is 0.495 e. The minimum absolute atomic E-state index is 0.227. The van der Waals surface area contributed by atoms with Gasteiger partial charge in [-0.1, -0.05) is 6.07 Å². The molecule has 59 heavy (non-hydrogen) atoms. The Bertz CT molecular complexity index is 2460. The molecule has 3 amide bonds. The molecule has 4 aliphatic rings. The third-order valence-electron chi connectivity index (χ3n) is 13.7. The topological polar surface area (TPSA) is 158 Å². The second kappa shape index (κ2) is 15.8. The number of rotatable bonds is 9. The first kappa shape index (κ1) is 38.8. The monoisotopic (exact) mass is 803 g/mol. The van der Waals surface area contributed by atoms with Gasteiger partial charge in [0, 0.05) is 56.9 Å². The fourth-order valence-corrected chi connectivity index (χ4v) is 10.2. The third-order valence-corrected chi connectivity index (χ3v) is 13.7. The molecule has 4 fully saturated rings. The maximum atomic E-state index is 13.5. The Morgan fingerprint density at radius 3 is 2.42 bits per heavy atom. The van der Waals surface area contributed by atoms with Crippen molar-refractivity contribution in [3.8, 4) is 11.5 Å². The van der Waals surface area contributed by atoms with E-state index in [1.807, 2.05) is 24.3 Å². The Balaban J connectivity index is 0.776. The number of aryl methyl sites for hydroxylation is 1. The highest BCUT2D eigenvalue weighted by molar-refractivity contribution is 6.06. The van der Waals surface area contributed by atoms with E-state index >= 15 is 0 Å². The van der Waals surface area contributed by atoms with Crippen LogP contribution in [-0.4, -0.2) is 93.5 Å². The van der Waals surface area contributed by atoms with Crippen LogP contribution in [0.3, 0.4) is 0 Å². The van der Waals surface area contributed by atoms with Gasteiger partial charge in [0.2, 0.25) is 11.8 Å². The number of methoxy groups -OCH3 is 2. The van der Waals surface area contributed by atoms with E-state index in [4.69, 9.17) is 14.6 Å². The van der Waals surface area contributed by atoms with Crippen LogP contribution in [0.4, 0.5) is 11.4 Å². The van der Waals surface area contributed by atoms with Crippen molar-refractivity contribution in [2.45, 2.75) is 76.3 Å². The number of para-hydroxylation sites is 1. The number of piperidine rings is 3. The number of amides is 3. The first-order valence-corrected chi connectivity index (χ1v) is 21.0. The van der Waals surface area contributed by atoms with E-state index in [0.29, 0.717) is 46.5 Å². The Labute approximate surface area is 342 Å². The van der Waals surface area contributed by atoms with Crippen molar-refractivity contribution in [1.82, 2.24) is 34.1 Å². The van der Waals surface area contributed by atoms with Crippen LogP contribution in [0.1, 0.15) is 86.6 Å². The molecule has 0 bridgehead atoms. The molecule has 3 aromatic heterocycles. The molecule has 1 atom stereocenters. The predicted octanol–water partition coefficient (Wildman–Crippen LogP) is 5.45. The Hall–Kier alpha value is -5.70. The van der Waals surface area contributed by atoms with Gasteiger partial charge in [-0.05, 0) is 106 Å². The van der Waals surface area contributed by atoms with Crippen LogP contribution < -0.4 is 30.7 Å². The zero-order valence-corrected chi connectivity index (χ0v) is 34.1. The van der Waals surface area contributed by atoms with Crippen LogP contribution in [0, 0.1) is 11.3 Å². The molecule has 2 N–H and O–H groups in total. The van der Waals surface area contributed by atoms with Gasteiger partial charge < -0.3 is 24.6 Å². The molecule has 9 rings (SSSR count). The second-order valence-electron chi connectivity index (χ2n) is 17.1. The van der Waals surface area contributed by atoms with Gasteiger partial charge in [0.15, 0.2) is 0 Å². The number of hydrogen-bond donors (Lipinski definition) is 2. The third kappa shape index (κ3) is 7.45. The van der Waals surface area contributed by atoms with E-state index in [1.54, 1.807) is 42.7 Å². The summed E-state index contributed by atoms with van der Waals surface area (Å²) in [5.41, 5.74) is 4.56. The lowest BCUT2D eigenvalue weighted by Gasteiger charge is -2.48. The maximum Gasteiger partial charge on any atom is 0.329 e. The standard InChI is InChI=1S/C44H53N9O6/c1-49-40-35(5-4-6-36(40)53(43(49)57)37-11-12-39(54)47-42(37)56)51-19-15-44(16-20-51)13-17-50(18-14-44)26-28-7-9-31(10-8-28)52-27-30-22-34(38(59-3)23-33(30)48-52)46-41(55)29-21-32(58-2)25-45-24-29/h4-6,21-25,27-28,31,37H,7-20,26H2,1-3H3,(H,46,55)(H,47,54,56)/t28-,31-,37?. The SMILES string of the molecule is COc1cncc(C(=O)Nc2cc3cn([C@H]4CC[C@H](CN5CCC6(CC5)CCN(c5cccc7c5n(C)c(=O)n7C5CCC(=O)NC5=O)CC6)CC4)nc3cc2OC)c1. The number of imide groups is 1. The number of imidazole rings is 1. The van der Waals surface area contributed by atoms with Crippen LogP contribution >= 0.6 is 0 Å². The summed E-state index contributed by atoms with van der Waals surface area (Å²) in [6.45, 7) is 5.30. The average molecular weight is 804 g/mol. The number of nitrogens with zero attached hydrogens (tertiary/aromatic N) is 7. The fourth-order valence-electron chi connectivity index (χ4n) is 10.2. The van der Waals surface area contributed by atoms with E-state index in [1.165, 1.54) is 31.9 Å². The van der Waals surface area contributed by atoms with E-state index in [-0.39, 0.29) is 23.9 Å². The quantitative estimate of drug-likeness (QED) is 0.184. The number of likely N-dealkylation sites (tertiary alicyclic amines) is 1. The fraction of sp³-hybridized carbons (Fsp3) is 0.500. The minimum Gasteiger partial charge on any atom is -0.495 e. The van der Waals surface area contributed by atoms with Gasteiger partial charge in [-0.2, -0.15) is 5.10 Å². The van der Waals surface area contributed by atoms with Crippen LogP contribution in [0.5, 0.6) is 11.5 Å². The Morgan fingerprint density at radius 2 is 1.69 bits per heavy atom. The number of aromatic nitrogens is 5. The lowest BCUT2D eigenvalue weighted by molar-refractivity contribution is -0.135. The number of benzene rings is 2. The molecule has 1 aliphatic carbocycles. The molecule has 3 saturated heterocycles. The maximum absolute atomic E-state index is 13.5. The van der Waals surface area contributed by atoms with Crippen molar-refractivity contribution in [3.63, 3.8) is 0 Å². The molecule has 3 aliphatic heterocycles. The molecular weight excluding hydrogens is 751 g/mol. The summed E-state index contributed by atoms with van der Waals surface area (Å²) in [7, 11) is 4.92. The molecule has 15 heteroatoms. The van der Waals surface area contributed by atoms with Gasteiger partial charge in [0.05, 0.1) is 59.9 Å². The molecule has 310 valence electrons. The Kier molecular flexibility index (Phi) is 10.4. The van der Waals surface area contributed by atoms with Crippen LogP contribution in [0.25, 0.3) is 21.9 Å². The van der Waals surface area contributed by atoms with Gasteiger partial charge in [-0.3, -0.25) is 38.5 Å². The molecular formula is C44H53N9O6. The molecule has 5 aromatic rings. The Morgan fingerprint density at radius 1 is 0.932 bits per heavy atom. The first-order chi connectivity index (χ1) is 28.6. The highest BCUT2D eigenvalue weighted by atomic mass is 16.5. The summed E-state index contributed by atoms with van der Waals surface area (Å²) < 4.78 is 16.2. The van der Waals surface area contributed by atoms with E-state index in [9.17, 15) is 19.2 Å². The zero-order valence-electron chi connectivity index (χ0n) is 34.1. The molecule has 2 aromatic carbocycles. The first-order valence-electron chi connectivity index (χ1n) is 21.0. The van der Waals surface area contributed by atoms with E-state index in [0.717, 1.165) is 86.0 Å². The molecule has 15 nitrogen and oxygen atoms in total. The number of fused-ring (bicyclic) bond motifs is 2. The number of carbonyl (C=O) groups is 3. The summed E-state index contributed by atoms with van der Waals surface area (Å²) in [5, 5.41) is 11.3. The van der Waals surface area contributed by atoms with Gasteiger partial charge in [0.25, 0.3) is 5.91 Å². The summed E-state index contributed by atoms with van der Waals surface area (Å²) in [5.74, 6) is 0.753.